The number of likely N-dealkylation sites (N-methyl/N-ethyl adjacent to an activating group) is 1. The van der Waals surface area contributed by atoms with Crippen molar-refractivity contribution in [3.8, 4) is 0 Å². The lowest BCUT2D eigenvalue weighted by Crippen LogP contribution is -2.48. The van der Waals surface area contributed by atoms with Crippen molar-refractivity contribution >= 4 is 11.8 Å². The van der Waals surface area contributed by atoms with Gasteiger partial charge >= 0.3 is 6.09 Å². The molecule has 2 unspecified atom stereocenters. The number of nitrogens with zero attached hydrogens (tertiary/aromatic N) is 2. The van der Waals surface area contributed by atoms with Crippen molar-refractivity contribution in [2.75, 3.05) is 31.1 Å². The van der Waals surface area contributed by atoms with Crippen molar-refractivity contribution < 1.29 is 9.53 Å². The second-order valence-electron chi connectivity index (χ2n) is 5.45. The van der Waals surface area contributed by atoms with Gasteiger partial charge in [-0.15, -0.1) is 0 Å². The summed E-state index contributed by atoms with van der Waals surface area (Å²) in [4.78, 5) is 16.3. The summed E-state index contributed by atoms with van der Waals surface area (Å²) in [5, 5.41) is 0. The van der Waals surface area contributed by atoms with E-state index in [1.165, 1.54) is 11.3 Å². The standard InChI is InChI=1S/C16H22N2O2/c1-3-18-14-8-6-5-7-12(14)13-11-17(10-9-15(13)18)16(19)20-4-2/h5-8,13,15H,3-4,9-11H2,1-2H3. The van der Waals surface area contributed by atoms with Gasteiger partial charge in [-0.2, -0.15) is 0 Å². The van der Waals surface area contributed by atoms with Crippen LogP contribution in [0.15, 0.2) is 24.3 Å². The van der Waals surface area contributed by atoms with Gasteiger partial charge in [0.1, 0.15) is 0 Å². The van der Waals surface area contributed by atoms with Crippen molar-refractivity contribution in [1.82, 2.24) is 4.90 Å². The minimum absolute atomic E-state index is 0.168. The lowest BCUT2D eigenvalue weighted by Gasteiger charge is -2.38. The van der Waals surface area contributed by atoms with E-state index in [9.17, 15) is 4.79 Å². The summed E-state index contributed by atoms with van der Waals surface area (Å²) >= 11 is 0. The van der Waals surface area contributed by atoms with Crippen LogP contribution in [0.25, 0.3) is 0 Å². The van der Waals surface area contributed by atoms with Gasteiger partial charge in [0.25, 0.3) is 0 Å². The number of carbonyl (C=O) groups is 1. The number of para-hydroxylation sites is 1. The van der Waals surface area contributed by atoms with Gasteiger partial charge in [-0.3, -0.25) is 0 Å². The van der Waals surface area contributed by atoms with Crippen LogP contribution in [0.3, 0.4) is 0 Å². The molecule has 0 saturated carbocycles. The van der Waals surface area contributed by atoms with Gasteiger partial charge in [0, 0.05) is 37.3 Å². The third kappa shape index (κ3) is 2.03. The lowest BCUT2D eigenvalue weighted by molar-refractivity contribution is 0.0934. The largest absolute Gasteiger partial charge is 0.450 e. The average molecular weight is 274 g/mol. The molecule has 0 N–H and O–H groups in total. The number of fused-ring (bicyclic) bond motifs is 3. The smallest absolute Gasteiger partial charge is 0.409 e. The number of piperidine rings is 1. The summed E-state index contributed by atoms with van der Waals surface area (Å²) in [5.41, 5.74) is 2.73. The molecule has 1 saturated heterocycles. The second-order valence-corrected chi connectivity index (χ2v) is 5.45. The number of hydrogen-bond donors (Lipinski definition) is 0. The quantitative estimate of drug-likeness (QED) is 0.831. The summed E-state index contributed by atoms with van der Waals surface area (Å²) in [6, 6.07) is 9.13. The molecule has 1 aromatic rings. The highest BCUT2D eigenvalue weighted by Crippen LogP contribution is 2.44. The Labute approximate surface area is 120 Å². The number of ether oxygens (including phenoxy) is 1. The van der Waals surface area contributed by atoms with Crippen molar-refractivity contribution in [3.05, 3.63) is 29.8 Å². The zero-order valence-corrected chi connectivity index (χ0v) is 12.2. The number of likely N-dealkylation sites (tertiary alicyclic amines) is 1. The number of anilines is 1. The molecule has 3 rings (SSSR count). The number of carbonyl (C=O) groups excluding carboxylic acids is 1. The summed E-state index contributed by atoms with van der Waals surface area (Å²) in [5.74, 6) is 0.421. The molecule has 0 radical (unpaired) electrons. The van der Waals surface area contributed by atoms with E-state index in [0.717, 1.165) is 26.1 Å². The van der Waals surface area contributed by atoms with Crippen molar-refractivity contribution in [2.45, 2.75) is 32.2 Å². The fraction of sp³-hybridized carbons (Fsp3) is 0.562. The first-order chi connectivity index (χ1) is 9.76. The van der Waals surface area contributed by atoms with Crippen LogP contribution in [0.5, 0.6) is 0 Å². The first kappa shape index (κ1) is 13.3. The third-order valence-corrected chi connectivity index (χ3v) is 4.49. The van der Waals surface area contributed by atoms with E-state index in [4.69, 9.17) is 4.74 Å². The van der Waals surface area contributed by atoms with Crippen LogP contribution in [-0.2, 0) is 4.74 Å². The van der Waals surface area contributed by atoms with Gasteiger partial charge in [0.05, 0.1) is 6.61 Å². The molecular weight excluding hydrogens is 252 g/mol. The van der Waals surface area contributed by atoms with Gasteiger partial charge in [0.15, 0.2) is 0 Å². The maximum atomic E-state index is 11.9. The highest BCUT2D eigenvalue weighted by Gasteiger charge is 2.42. The molecule has 20 heavy (non-hydrogen) atoms. The van der Waals surface area contributed by atoms with Crippen LogP contribution in [-0.4, -0.2) is 43.3 Å². The van der Waals surface area contributed by atoms with Crippen LogP contribution < -0.4 is 4.90 Å². The van der Waals surface area contributed by atoms with Crippen LogP contribution in [0.1, 0.15) is 31.7 Å². The Bertz CT molecular complexity index is 503. The molecule has 0 spiro atoms. The Morgan fingerprint density at radius 2 is 2.15 bits per heavy atom. The van der Waals surface area contributed by atoms with E-state index in [-0.39, 0.29) is 6.09 Å². The molecule has 2 aliphatic rings. The van der Waals surface area contributed by atoms with Crippen LogP contribution in [0.4, 0.5) is 10.5 Å². The van der Waals surface area contributed by atoms with Gasteiger partial charge < -0.3 is 14.5 Å². The molecule has 2 aliphatic heterocycles. The van der Waals surface area contributed by atoms with Crippen molar-refractivity contribution in [3.63, 3.8) is 0 Å². The van der Waals surface area contributed by atoms with Crippen molar-refractivity contribution in [1.29, 1.82) is 0 Å². The molecule has 1 fully saturated rings. The molecule has 2 heterocycles. The Hall–Kier alpha value is -1.71. The van der Waals surface area contributed by atoms with E-state index < -0.39 is 0 Å². The lowest BCUT2D eigenvalue weighted by atomic mass is 9.89. The molecular formula is C16H22N2O2. The Kier molecular flexibility index (Phi) is 3.55. The van der Waals surface area contributed by atoms with Gasteiger partial charge in [-0.25, -0.2) is 4.79 Å². The predicted octanol–water partition coefficient (Wildman–Crippen LogP) is 2.84. The predicted molar refractivity (Wildman–Crippen MR) is 79.2 cm³/mol. The van der Waals surface area contributed by atoms with Gasteiger partial charge in [-0.05, 0) is 31.9 Å². The average Bonchev–Trinajstić information content (AvgIpc) is 2.80. The van der Waals surface area contributed by atoms with Gasteiger partial charge in [-0.1, -0.05) is 18.2 Å². The summed E-state index contributed by atoms with van der Waals surface area (Å²) in [6.07, 6.45) is 0.852. The third-order valence-electron chi connectivity index (χ3n) is 4.49. The number of hydrogen-bond acceptors (Lipinski definition) is 3. The monoisotopic (exact) mass is 274 g/mol. The maximum absolute atomic E-state index is 11.9. The SMILES string of the molecule is CCOC(=O)N1CCC2C(C1)c1ccccc1N2CC. The summed E-state index contributed by atoms with van der Waals surface area (Å²) in [6.45, 7) is 7.10. The highest BCUT2D eigenvalue weighted by atomic mass is 16.6. The molecule has 0 bridgehead atoms. The zero-order chi connectivity index (χ0) is 14.1. The highest BCUT2D eigenvalue weighted by molar-refractivity contribution is 5.69. The summed E-state index contributed by atoms with van der Waals surface area (Å²) in [7, 11) is 0. The molecule has 108 valence electrons. The Morgan fingerprint density at radius 3 is 2.90 bits per heavy atom. The van der Waals surface area contributed by atoms with E-state index in [1.807, 2.05) is 11.8 Å². The molecule has 1 aromatic carbocycles. The normalized spacial score (nSPS) is 24.3. The fourth-order valence-corrected chi connectivity index (χ4v) is 3.65. The minimum atomic E-state index is -0.168. The number of rotatable bonds is 2. The van der Waals surface area contributed by atoms with Crippen LogP contribution >= 0.6 is 0 Å². The molecule has 2 atom stereocenters. The topological polar surface area (TPSA) is 32.8 Å². The summed E-state index contributed by atoms with van der Waals surface area (Å²) < 4.78 is 5.14. The Balaban J connectivity index is 1.84. The fourth-order valence-electron chi connectivity index (χ4n) is 3.65. The minimum Gasteiger partial charge on any atom is -0.450 e. The van der Waals surface area contributed by atoms with E-state index in [2.05, 4.69) is 36.1 Å². The molecule has 0 aliphatic carbocycles. The molecule has 1 amide bonds. The number of amides is 1. The van der Waals surface area contributed by atoms with E-state index >= 15 is 0 Å². The van der Waals surface area contributed by atoms with E-state index in [0.29, 0.717) is 18.6 Å². The second kappa shape index (κ2) is 5.35. The molecule has 0 aromatic heterocycles. The first-order valence-corrected chi connectivity index (χ1v) is 7.53. The Morgan fingerprint density at radius 1 is 1.35 bits per heavy atom. The van der Waals surface area contributed by atoms with E-state index in [1.54, 1.807) is 0 Å². The van der Waals surface area contributed by atoms with Crippen LogP contribution in [0, 0.1) is 0 Å². The number of benzene rings is 1. The molecule has 4 nitrogen and oxygen atoms in total. The molecule has 4 heteroatoms. The zero-order valence-electron chi connectivity index (χ0n) is 12.2. The van der Waals surface area contributed by atoms with Gasteiger partial charge in [0.2, 0.25) is 0 Å². The van der Waals surface area contributed by atoms with Crippen LogP contribution in [0.2, 0.25) is 0 Å². The first-order valence-electron chi connectivity index (χ1n) is 7.53. The van der Waals surface area contributed by atoms with Crippen molar-refractivity contribution in [2.24, 2.45) is 0 Å². The maximum Gasteiger partial charge on any atom is 0.409 e.